The van der Waals surface area contributed by atoms with Crippen LogP contribution in [-0.4, -0.2) is 24.7 Å². The van der Waals surface area contributed by atoms with Crippen molar-refractivity contribution in [2.45, 2.75) is 30.2 Å². The van der Waals surface area contributed by atoms with Crippen molar-refractivity contribution in [3.63, 3.8) is 0 Å². The molecule has 21 heavy (non-hydrogen) atoms. The fourth-order valence-corrected chi connectivity index (χ4v) is 3.63. The van der Waals surface area contributed by atoms with Crippen molar-refractivity contribution < 1.29 is 9.18 Å². The number of hydrogen-bond acceptors (Lipinski definition) is 3. The van der Waals surface area contributed by atoms with E-state index in [0.717, 1.165) is 30.2 Å². The molecule has 0 spiro atoms. The van der Waals surface area contributed by atoms with Gasteiger partial charge in [-0.15, -0.1) is 24.2 Å². The number of carbonyl (C=O) groups excluding carboxylic acids is 1. The molecule has 1 aromatic carbocycles. The molecule has 1 amide bonds. The van der Waals surface area contributed by atoms with Crippen LogP contribution in [0.2, 0.25) is 0 Å². The second-order valence-corrected chi connectivity index (χ2v) is 6.59. The summed E-state index contributed by atoms with van der Waals surface area (Å²) in [6.45, 7) is 1.28. The summed E-state index contributed by atoms with van der Waals surface area (Å²) in [4.78, 5) is 12.6. The van der Waals surface area contributed by atoms with Gasteiger partial charge in [-0.3, -0.25) is 4.79 Å². The minimum atomic E-state index is -0.182. The van der Waals surface area contributed by atoms with Crippen LogP contribution >= 0.6 is 24.2 Å². The van der Waals surface area contributed by atoms with Gasteiger partial charge in [0.15, 0.2) is 0 Å². The van der Waals surface area contributed by atoms with Gasteiger partial charge in [0.05, 0.1) is 12.6 Å². The van der Waals surface area contributed by atoms with E-state index >= 15 is 0 Å². The number of halogens is 2. The van der Waals surface area contributed by atoms with Crippen molar-refractivity contribution in [1.82, 2.24) is 10.6 Å². The van der Waals surface area contributed by atoms with Crippen LogP contribution in [0.15, 0.2) is 23.1 Å². The van der Waals surface area contributed by atoms with Gasteiger partial charge in [-0.05, 0) is 43.4 Å². The third kappa shape index (κ3) is 4.34. The molecule has 1 aliphatic heterocycles. The van der Waals surface area contributed by atoms with E-state index < -0.39 is 0 Å². The third-order valence-corrected chi connectivity index (χ3v) is 4.94. The van der Waals surface area contributed by atoms with E-state index in [1.807, 2.05) is 6.07 Å². The van der Waals surface area contributed by atoms with Crippen LogP contribution in [0.5, 0.6) is 0 Å². The highest BCUT2D eigenvalue weighted by atomic mass is 35.5. The van der Waals surface area contributed by atoms with Gasteiger partial charge in [-0.25, -0.2) is 4.39 Å². The average molecular weight is 331 g/mol. The molecule has 116 valence electrons. The third-order valence-electron chi connectivity index (χ3n) is 3.78. The summed E-state index contributed by atoms with van der Waals surface area (Å²) >= 11 is 1.53. The molecule has 2 aliphatic rings. The molecule has 3 nitrogen and oxygen atoms in total. The monoisotopic (exact) mass is 330 g/mol. The Balaban J connectivity index is 0.00000161. The van der Waals surface area contributed by atoms with Gasteiger partial charge in [0.1, 0.15) is 5.82 Å². The number of hydrogen-bond donors (Lipinski definition) is 2. The molecular weight excluding hydrogens is 311 g/mol. The van der Waals surface area contributed by atoms with E-state index in [2.05, 4.69) is 10.6 Å². The minimum Gasteiger partial charge on any atom is -0.348 e. The second kappa shape index (κ2) is 7.47. The molecule has 1 aromatic rings. The van der Waals surface area contributed by atoms with Crippen molar-refractivity contribution in [2.24, 2.45) is 5.92 Å². The van der Waals surface area contributed by atoms with Crippen molar-refractivity contribution in [3.8, 4) is 0 Å². The maximum Gasteiger partial charge on any atom is 0.234 e. The van der Waals surface area contributed by atoms with Crippen LogP contribution in [0, 0.1) is 11.7 Å². The first kappa shape index (κ1) is 16.6. The van der Waals surface area contributed by atoms with Crippen LogP contribution in [0.25, 0.3) is 0 Å². The minimum absolute atomic E-state index is 0. The molecule has 1 heterocycles. The highest BCUT2D eigenvalue weighted by molar-refractivity contribution is 7.99. The molecule has 1 atom stereocenters. The number of fused-ring (bicyclic) bond motifs is 1. The van der Waals surface area contributed by atoms with Gasteiger partial charge in [0, 0.05) is 10.6 Å². The lowest BCUT2D eigenvalue weighted by Gasteiger charge is -2.26. The zero-order valence-electron chi connectivity index (χ0n) is 11.7. The van der Waals surface area contributed by atoms with E-state index in [4.69, 9.17) is 0 Å². The smallest absolute Gasteiger partial charge is 0.234 e. The number of carbonyl (C=O) groups is 1. The van der Waals surface area contributed by atoms with E-state index in [0.29, 0.717) is 11.4 Å². The number of amides is 1. The first-order chi connectivity index (χ1) is 9.74. The van der Waals surface area contributed by atoms with E-state index in [1.165, 1.54) is 30.7 Å². The standard InChI is InChI=1S/C15H19FN2OS.ClH/c16-12-3-1-2-11-13(6-7-20-15(11)12)18-14(19)9-17-8-10-4-5-10;/h1-3,10,13,17H,4-9H2,(H,18,19);1H. The fraction of sp³-hybridized carbons (Fsp3) is 0.533. The summed E-state index contributed by atoms with van der Waals surface area (Å²) in [5.41, 5.74) is 0.914. The molecule has 1 fully saturated rings. The summed E-state index contributed by atoms with van der Waals surface area (Å²) in [5.74, 6) is 1.42. The van der Waals surface area contributed by atoms with Gasteiger partial charge in [-0.1, -0.05) is 12.1 Å². The highest BCUT2D eigenvalue weighted by Gasteiger charge is 2.25. The normalized spacial score (nSPS) is 20.3. The van der Waals surface area contributed by atoms with Crippen LogP contribution in [0.1, 0.15) is 30.9 Å². The Morgan fingerprint density at radius 1 is 1.33 bits per heavy atom. The molecular formula is C15H20ClFN2OS. The van der Waals surface area contributed by atoms with Crippen molar-refractivity contribution in [1.29, 1.82) is 0 Å². The zero-order valence-corrected chi connectivity index (χ0v) is 13.4. The van der Waals surface area contributed by atoms with Crippen molar-refractivity contribution >= 4 is 30.1 Å². The molecule has 0 bridgehead atoms. The Kier molecular flexibility index (Phi) is 5.90. The lowest BCUT2D eigenvalue weighted by atomic mass is 10.0. The summed E-state index contributed by atoms with van der Waals surface area (Å²) in [7, 11) is 0. The summed E-state index contributed by atoms with van der Waals surface area (Å²) < 4.78 is 13.7. The maximum atomic E-state index is 13.7. The predicted molar refractivity (Wildman–Crippen MR) is 85.5 cm³/mol. The number of rotatable bonds is 5. The number of benzene rings is 1. The lowest BCUT2D eigenvalue weighted by molar-refractivity contribution is -0.121. The Morgan fingerprint density at radius 2 is 2.14 bits per heavy atom. The van der Waals surface area contributed by atoms with Gasteiger partial charge in [-0.2, -0.15) is 0 Å². The molecule has 3 rings (SSSR count). The first-order valence-corrected chi connectivity index (χ1v) is 8.14. The quantitative estimate of drug-likeness (QED) is 0.872. The highest BCUT2D eigenvalue weighted by Crippen LogP contribution is 2.37. The van der Waals surface area contributed by atoms with Crippen LogP contribution < -0.4 is 10.6 Å². The molecule has 1 saturated carbocycles. The SMILES string of the molecule is Cl.O=C(CNCC1CC1)NC1CCSc2c(F)cccc21. The number of thioether (sulfide) groups is 1. The van der Waals surface area contributed by atoms with Gasteiger partial charge < -0.3 is 10.6 Å². The van der Waals surface area contributed by atoms with Gasteiger partial charge in [0.2, 0.25) is 5.91 Å². The Morgan fingerprint density at radius 3 is 2.90 bits per heavy atom. The van der Waals surface area contributed by atoms with E-state index in [9.17, 15) is 9.18 Å². The Labute approximate surface area is 134 Å². The molecule has 0 radical (unpaired) electrons. The fourth-order valence-electron chi connectivity index (χ4n) is 2.49. The summed E-state index contributed by atoms with van der Waals surface area (Å²) in [6.07, 6.45) is 3.41. The van der Waals surface area contributed by atoms with Gasteiger partial charge >= 0.3 is 0 Å². The van der Waals surface area contributed by atoms with E-state index in [-0.39, 0.29) is 30.2 Å². The van der Waals surface area contributed by atoms with Crippen molar-refractivity contribution in [2.75, 3.05) is 18.8 Å². The molecule has 1 aliphatic carbocycles. The van der Waals surface area contributed by atoms with E-state index in [1.54, 1.807) is 6.07 Å². The lowest BCUT2D eigenvalue weighted by Crippen LogP contribution is -2.38. The van der Waals surface area contributed by atoms with Crippen LogP contribution in [-0.2, 0) is 4.79 Å². The summed E-state index contributed by atoms with van der Waals surface area (Å²) in [6, 6.07) is 5.04. The maximum absolute atomic E-state index is 13.7. The molecule has 0 saturated heterocycles. The van der Waals surface area contributed by atoms with Crippen molar-refractivity contribution in [3.05, 3.63) is 29.6 Å². The van der Waals surface area contributed by atoms with Gasteiger partial charge in [0.25, 0.3) is 0 Å². The molecule has 6 heteroatoms. The Bertz CT molecular complexity index is 510. The second-order valence-electron chi connectivity index (χ2n) is 5.49. The molecule has 0 aromatic heterocycles. The number of nitrogens with one attached hydrogen (secondary N) is 2. The Hall–Kier alpha value is -0.780. The zero-order chi connectivity index (χ0) is 13.9. The van der Waals surface area contributed by atoms with Crippen LogP contribution in [0.3, 0.4) is 0 Å². The average Bonchev–Trinajstić information content (AvgIpc) is 3.24. The molecule has 2 N–H and O–H groups in total. The predicted octanol–water partition coefficient (Wildman–Crippen LogP) is 2.90. The largest absolute Gasteiger partial charge is 0.348 e. The van der Waals surface area contributed by atoms with Crippen LogP contribution in [0.4, 0.5) is 4.39 Å². The first-order valence-electron chi connectivity index (χ1n) is 7.15. The topological polar surface area (TPSA) is 41.1 Å². The molecule has 1 unspecified atom stereocenters. The summed E-state index contributed by atoms with van der Waals surface area (Å²) in [5, 5.41) is 6.20.